The first kappa shape index (κ1) is 29.0. The van der Waals surface area contributed by atoms with E-state index < -0.39 is 53.1 Å². The summed E-state index contributed by atoms with van der Waals surface area (Å²) in [5.41, 5.74) is -0.283. The highest BCUT2D eigenvalue weighted by Crippen LogP contribution is 2.52. The Kier molecular flexibility index (Phi) is 8.23. The molecule has 11 heteroatoms. The van der Waals surface area contributed by atoms with Gasteiger partial charge >= 0.3 is 29.8 Å². The Labute approximate surface area is 224 Å². The topological polar surface area (TPSA) is 149 Å². The van der Waals surface area contributed by atoms with Crippen LogP contribution in [0.3, 0.4) is 0 Å². The molecule has 206 valence electrons. The molecule has 0 spiro atoms. The van der Waals surface area contributed by atoms with Gasteiger partial charge in [0.05, 0.1) is 5.56 Å². The molecule has 0 aliphatic heterocycles. The van der Waals surface area contributed by atoms with Gasteiger partial charge in [-0.25, -0.2) is 0 Å². The lowest BCUT2D eigenvalue weighted by Gasteiger charge is -2.44. The number of esters is 5. The molecular weight excluding hydrogens is 512 g/mol. The zero-order valence-corrected chi connectivity index (χ0v) is 22.5. The maximum Gasteiger partial charge on any atom is 0.308 e. The van der Waals surface area contributed by atoms with Crippen molar-refractivity contribution in [3.05, 3.63) is 47.0 Å². The molecule has 2 atom stereocenters. The fourth-order valence-electron chi connectivity index (χ4n) is 4.74. The fourth-order valence-corrected chi connectivity index (χ4v) is 4.74. The Balaban J connectivity index is 2.32. The number of hydrogen-bond donors (Lipinski definition) is 0. The highest BCUT2D eigenvalue weighted by molar-refractivity contribution is 6.07. The molecule has 1 aliphatic carbocycles. The SMILES string of the molecule is CC(=O)Oc1cc(OC(C)=O)c2c(c1)C(C)(C)[C@H](c1ccc(OC(C)=O)c(OC(C)=O)c1)[C@@H](OC(C)=O)C2=O. The van der Waals surface area contributed by atoms with Crippen LogP contribution in [-0.2, 0) is 34.1 Å². The van der Waals surface area contributed by atoms with E-state index in [1.54, 1.807) is 19.9 Å². The monoisotopic (exact) mass is 540 g/mol. The summed E-state index contributed by atoms with van der Waals surface area (Å²) in [7, 11) is 0. The van der Waals surface area contributed by atoms with Crippen molar-refractivity contribution in [1.82, 2.24) is 0 Å². The van der Waals surface area contributed by atoms with Crippen LogP contribution in [-0.4, -0.2) is 41.7 Å². The fraction of sp³-hybridized carbons (Fsp3) is 0.357. The first-order valence-electron chi connectivity index (χ1n) is 11.9. The van der Waals surface area contributed by atoms with Gasteiger partial charge in [0.25, 0.3) is 0 Å². The normalized spacial score (nSPS) is 17.4. The summed E-state index contributed by atoms with van der Waals surface area (Å²) in [6.07, 6.45) is -1.39. The number of ketones is 1. The van der Waals surface area contributed by atoms with Crippen molar-refractivity contribution >= 4 is 35.6 Å². The summed E-state index contributed by atoms with van der Waals surface area (Å²) in [6.45, 7) is 9.38. The first-order valence-corrected chi connectivity index (χ1v) is 11.9. The van der Waals surface area contributed by atoms with E-state index in [1.165, 1.54) is 45.0 Å². The van der Waals surface area contributed by atoms with E-state index in [0.717, 1.165) is 13.8 Å². The molecule has 0 N–H and O–H groups in total. The molecule has 2 aromatic rings. The van der Waals surface area contributed by atoms with E-state index in [-0.39, 0.29) is 28.6 Å². The van der Waals surface area contributed by atoms with Gasteiger partial charge in [-0.05, 0) is 29.3 Å². The second-order valence-corrected chi connectivity index (χ2v) is 9.52. The van der Waals surface area contributed by atoms with Crippen molar-refractivity contribution in [1.29, 1.82) is 0 Å². The van der Waals surface area contributed by atoms with E-state index in [0.29, 0.717) is 11.1 Å². The van der Waals surface area contributed by atoms with Crippen LogP contribution in [0.2, 0.25) is 0 Å². The third kappa shape index (κ3) is 6.31. The van der Waals surface area contributed by atoms with Crippen molar-refractivity contribution < 1.29 is 52.5 Å². The second-order valence-electron chi connectivity index (χ2n) is 9.52. The predicted molar refractivity (Wildman–Crippen MR) is 134 cm³/mol. The molecule has 1 aliphatic rings. The number of Topliss-reactive ketones (excluding diaryl/α,β-unsaturated/α-hetero) is 1. The van der Waals surface area contributed by atoms with Crippen molar-refractivity contribution in [2.45, 2.75) is 65.9 Å². The largest absolute Gasteiger partial charge is 0.453 e. The van der Waals surface area contributed by atoms with Crippen LogP contribution in [0.25, 0.3) is 0 Å². The number of rotatable bonds is 6. The van der Waals surface area contributed by atoms with E-state index in [4.69, 9.17) is 23.7 Å². The van der Waals surface area contributed by atoms with Crippen LogP contribution in [0.4, 0.5) is 0 Å². The minimum absolute atomic E-state index is 0.00894. The Morgan fingerprint density at radius 3 is 1.74 bits per heavy atom. The van der Waals surface area contributed by atoms with Crippen LogP contribution in [0.15, 0.2) is 30.3 Å². The van der Waals surface area contributed by atoms with Crippen molar-refractivity contribution in [2.75, 3.05) is 0 Å². The molecule has 0 radical (unpaired) electrons. The lowest BCUT2D eigenvalue weighted by molar-refractivity contribution is -0.146. The number of ether oxygens (including phenoxy) is 5. The summed E-state index contributed by atoms with van der Waals surface area (Å²) < 4.78 is 26.5. The maximum absolute atomic E-state index is 13.9. The Morgan fingerprint density at radius 2 is 1.21 bits per heavy atom. The number of carbonyl (C=O) groups excluding carboxylic acids is 6. The predicted octanol–water partition coefficient (Wildman–Crippen LogP) is 3.58. The van der Waals surface area contributed by atoms with Gasteiger partial charge in [-0.15, -0.1) is 0 Å². The van der Waals surface area contributed by atoms with Gasteiger partial charge in [0.1, 0.15) is 11.5 Å². The second kappa shape index (κ2) is 11.1. The Bertz CT molecular complexity index is 1390. The van der Waals surface area contributed by atoms with E-state index >= 15 is 0 Å². The smallest absolute Gasteiger partial charge is 0.308 e. The first-order chi connectivity index (χ1) is 18.1. The number of hydrogen-bond acceptors (Lipinski definition) is 11. The number of carbonyl (C=O) groups is 6. The van der Waals surface area contributed by atoms with Crippen molar-refractivity contribution in [2.24, 2.45) is 0 Å². The van der Waals surface area contributed by atoms with Gasteiger partial charge in [-0.2, -0.15) is 0 Å². The van der Waals surface area contributed by atoms with Crippen LogP contribution in [0, 0.1) is 0 Å². The quantitative estimate of drug-likeness (QED) is 0.391. The lowest BCUT2D eigenvalue weighted by atomic mass is 9.61. The van der Waals surface area contributed by atoms with Gasteiger partial charge in [-0.3, -0.25) is 28.8 Å². The van der Waals surface area contributed by atoms with Crippen LogP contribution in [0.1, 0.15) is 75.9 Å². The molecule has 0 amide bonds. The highest BCUT2D eigenvalue weighted by atomic mass is 16.6. The minimum atomic E-state index is -1.39. The van der Waals surface area contributed by atoms with Gasteiger partial charge in [-0.1, -0.05) is 19.9 Å². The van der Waals surface area contributed by atoms with E-state index in [1.807, 2.05) is 0 Å². The van der Waals surface area contributed by atoms with Crippen LogP contribution >= 0.6 is 0 Å². The summed E-state index contributed by atoms with van der Waals surface area (Å²) >= 11 is 0. The molecule has 0 fully saturated rings. The van der Waals surface area contributed by atoms with Gasteiger partial charge in [0, 0.05) is 52.0 Å². The third-order valence-corrected chi connectivity index (χ3v) is 6.00. The van der Waals surface area contributed by atoms with Crippen molar-refractivity contribution in [3.8, 4) is 23.0 Å². The summed E-state index contributed by atoms with van der Waals surface area (Å²) in [4.78, 5) is 73.0. The summed E-state index contributed by atoms with van der Waals surface area (Å²) in [5.74, 6) is -5.19. The molecule has 0 unspecified atom stereocenters. The number of benzene rings is 2. The van der Waals surface area contributed by atoms with Crippen molar-refractivity contribution in [3.63, 3.8) is 0 Å². The number of fused-ring (bicyclic) bond motifs is 1. The summed E-state index contributed by atoms with van der Waals surface area (Å²) in [6, 6.07) is 7.10. The molecule has 0 heterocycles. The summed E-state index contributed by atoms with van der Waals surface area (Å²) in [5, 5.41) is 0. The molecule has 0 aromatic heterocycles. The third-order valence-electron chi connectivity index (χ3n) is 6.00. The van der Waals surface area contributed by atoms with Gasteiger partial charge in [0.15, 0.2) is 17.6 Å². The standard InChI is InChI=1S/C28H28O11/c1-13(29)35-19-11-20-24(23(12-19)38-16(4)32)26(34)27(39-17(5)33)25(28(20,6)7)18-8-9-21(36-14(2)30)22(10-18)37-15(3)31/h8-12,25,27H,1-7H3/t25-,27-/m1/s1. The molecule has 11 nitrogen and oxygen atoms in total. The molecule has 0 bridgehead atoms. The van der Waals surface area contributed by atoms with E-state index in [2.05, 4.69) is 0 Å². The molecule has 39 heavy (non-hydrogen) atoms. The zero-order chi connectivity index (χ0) is 29.2. The highest BCUT2D eigenvalue weighted by Gasteiger charge is 2.51. The van der Waals surface area contributed by atoms with Crippen LogP contribution < -0.4 is 18.9 Å². The van der Waals surface area contributed by atoms with E-state index in [9.17, 15) is 28.8 Å². The molecule has 3 rings (SSSR count). The van der Waals surface area contributed by atoms with Gasteiger partial charge < -0.3 is 23.7 Å². The lowest BCUT2D eigenvalue weighted by Crippen LogP contribution is -2.47. The van der Waals surface area contributed by atoms with Gasteiger partial charge in [0.2, 0.25) is 5.78 Å². The molecular formula is C28H28O11. The Hall–Kier alpha value is -4.54. The minimum Gasteiger partial charge on any atom is -0.453 e. The Morgan fingerprint density at radius 1 is 0.667 bits per heavy atom. The maximum atomic E-state index is 13.9. The van der Waals surface area contributed by atoms with Crippen LogP contribution in [0.5, 0.6) is 23.0 Å². The average molecular weight is 541 g/mol. The molecule has 0 saturated carbocycles. The average Bonchev–Trinajstić information content (AvgIpc) is 2.77. The molecule has 0 saturated heterocycles. The molecule has 2 aromatic carbocycles. The zero-order valence-electron chi connectivity index (χ0n) is 22.5.